The van der Waals surface area contributed by atoms with Crippen molar-refractivity contribution in [1.82, 2.24) is 9.97 Å². The topological polar surface area (TPSA) is 35.5 Å². The first-order valence-electron chi connectivity index (χ1n) is 10.4. The third kappa shape index (κ3) is 4.67. The maximum absolute atomic E-state index is 4.90. The Bertz CT molecular complexity index is 919. The van der Waals surface area contributed by atoms with Gasteiger partial charge in [-0.3, -0.25) is 0 Å². The van der Waals surface area contributed by atoms with Crippen LogP contribution in [0.2, 0.25) is 0 Å². The maximum Gasteiger partial charge on any atom is 0.227 e. The van der Waals surface area contributed by atoms with E-state index < -0.39 is 0 Å². The molecule has 2 heterocycles. The van der Waals surface area contributed by atoms with Crippen LogP contribution in [0, 0.1) is 6.92 Å². The molecular formula is C24H29N5. The summed E-state index contributed by atoms with van der Waals surface area (Å²) < 4.78 is 0. The Hall–Kier alpha value is -3.08. The molecule has 2 aromatic carbocycles. The van der Waals surface area contributed by atoms with E-state index in [0.29, 0.717) is 0 Å². The van der Waals surface area contributed by atoms with Crippen molar-refractivity contribution in [3.05, 3.63) is 78.0 Å². The molecule has 1 aliphatic heterocycles. The van der Waals surface area contributed by atoms with Crippen molar-refractivity contribution in [2.75, 3.05) is 47.4 Å². The molecule has 0 bridgehead atoms. The van der Waals surface area contributed by atoms with Crippen LogP contribution in [-0.2, 0) is 6.54 Å². The lowest BCUT2D eigenvalue weighted by Gasteiger charge is -2.37. The molecule has 0 saturated carbocycles. The number of benzene rings is 2. The lowest BCUT2D eigenvalue weighted by atomic mass is 10.2. The molecule has 0 atom stereocenters. The molecule has 1 fully saturated rings. The Morgan fingerprint density at radius 3 is 2.38 bits per heavy atom. The number of aromatic nitrogens is 2. The van der Waals surface area contributed by atoms with Crippen LogP contribution in [-0.4, -0.2) is 42.7 Å². The van der Waals surface area contributed by atoms with Gasteiger partial charge in [0.2, 0.25) is 5.95 Å². The molecule has 0 unspecified atom stereocenters. The van der Waals surface area contributed by atoms with Crippen molar-refractivity contribution in [2.24, 2.45) is 0 Å². The highest BCUT2D eigenvalue weighted by Crippen LogP contribution is 2.22. The minimum absolute atomic E-state index is 0.801. The van der Waals surface area contributed by atoms with E-state index in [1.54, 1.807) is 0 Å². The minimum atomic E-state index is 0.801. The molecule has 0 N–H and O–H groups in total. The summed E-state index contributed by atoms with van der Waals surface area (Å²) >= 11 is 0. The van der Waals surface area contributed by atoms with Crippen molar-refractivity contribution in [3.8, 4) is 0 Å². The van der Waals surface area contributed by atoms with E-state index in [-0.39, 0.29) is 0 Å². The largest absolute Gasteiger partial charge is 0.368 e. The zero-order valence-electron chi connectivity index (χ0n) is 17.3. The van der Waals surface area contributed by atoms with Crippen LogP contribution in [0.15, 0.2) is 66.9 Å². The maximum atomic E-state index is 4.90. The van der Waals surface area contributed by atoms with Crippen molar-refractivity contribution in [2.45, 2.75) is 20.4 Å². The van der Waals surface area contributed by atoms with Crippen LogP contribution < -0.4 is 14.7 Å². The summed E-state index contributed by atoms with van der Waals surface area (Å²) in [5, 5.41) is 0. The monoisotopic (exact) mass is 387 g/mol. The van der Waals surface area contributed by atoms with Gasteiger partial charge < -0.3 is 14.7 Å². The highest BCUT2D eigenvalue weighted by molar-refractivity contribution is 5.51. The summed E-state index contributed by atoms with van der Waals surface area (Å²) in [5.41, 5.74) is 3.90. The average Bonchev–Trinajstić information content (AvgIpc) is 2.78. The van der Waals surface area contributed by atoms with Gasteiger partial charge in [0, 0.05) is 51.2 Å². The summed E-state index contributed by atoms with van der Waals surface area (Å²) in [4.78, 5) is 16.5. The zero-order chi connectivity index (χ0) is 20.1. The van der Waals surface area contributed by atoms with E-state index in [1.165, 1.54) is 16.8 Å². The van der Waals surface area contributed by atoms with E-state index in [9.17, 15) is 0 Å². The number of piperazine rings is 1. The van der Waals surface area contributed by atoms with Gasteiger partial charge >= 0.3 is 0 Å². The molecule has 0 aliphatic carbocycles. The molecule has 150 valence electrons. The van der Waals surface area contributed by atoms with E-state index in [1.807, 2.05) is 18.3 Å². The van der Waals surface area contributed by atoms with E-state index in [4.69, 9.17) is 4.98 Å². The minimum Gasteiger partial charge on any atom is -0.368 e. The third-order valence-electron chi connectivity index (χ3n) is 5.48. The van der Waals surface area contributed by atoms with E-state index in [2.05, 4.69) is 82.1 Å². The van der Waals surface area contributed by atoms with E-state index in [0.717, 1.165) is 51.0 Å². The molecule has 29 heavy (non-hydrogen) atoms. The second kappa shape index (κ2) is 8.95. The van der Waals surface area contributed by atoms with Gasteiger partial charge in [0.15, 0.2) is 0 Å². The summed E-state index contributed by atoms with van der Waals surface area (Å²) in [7, 11) is 0. The standard InChI is InChI=1S/C24H29N5/c1-3-27(19-21-9-5-4-6-10-21)24-25-13-12-23(26-24)29-16-14-28(15-17-29)22-11-7-8-20(2)18-22/h4-13,18H,3,14-17,19H2,1-2H3. The highest BCUT2D eigenvalue weighted by Gasteiger charge is 2.19. The van der Waals surface area contributed by atoms with Crippen LogP contribution in [0.4, 0.5) is 17.5 Å². The Morgan fingerprint density at radius 1 is 0.897 bits per heavy atom. The Balaban J connectivity index is 1.43. The van der Waals surface area contributed by atoms with Crippen LogP contribution in [0.25, 0.3) is 0 Å². The molecule has 1 saturated heterocycles. The van der Waals surface area contributed by atoms with Gasteiger partial charge in [0.25, 0.3) is 0 Å². The number of hydrogen-bond acceptors (Lipinski definition) is 5. The van der Waals surface area contributed by atoms with Gasteiger partial charge in [0.1, 0.15) is 5.82 Å². The first-order chi connectivity index (χ1) is 14.2. The molecule has 5 nitrogen and oxygen atoms in total. The Kier molecular flexibility index (Phi) is 5.94. The second-order valence-electron chi connectivity index (χ2n) is 7.53. The normalized spacial score (nSPS) is 14.1. The molecule has 1 aromatic heterocycles. The molecule has 0 spiro atoms. The Labute approximate surface area is 173 Å². The van der Waals surface area contributed by atoms with Crippen molar-refractivity contribution in [1.29, 1.82) is 0 Å². The zero-order valence-corrected chi connectivity index (χ0v) is 17.3. The summed E-state index contributed by atoms with van der Waals surface area (Å²) in [6, 6.07) is 21.3. The van der Waals surface area contributed by atoms with Crippen molar-refractivity contribution >= 4 is 17.5 Å². The number of nitrogens with zero attached hydrogens (tertiary/aromatic N) is 5. The smallest absolute Gasteiger partial charge is 0.227 e. The lowest BCUT2D eigenvalue weighted by Crippen LogP contribution is -2.47. The van der Waals surface area contributed by atoms with Gasteiger partial charge in [-0.25, -0.2) is 4.98 Å². The SMILES string of the molecule is CCN(Cc1ccccc1)c1nccc(N2CCN(c3cccc(C)c3)CC2)n1. The molecule has 3 aromatic rings. The van der Waals surface area contributed by atoms with Gasteiger partial charge in [-0.05, 0) is 43.2 Å². The quantitative estimate of drug-likeness (QED) is 0.635. The molecule has 0 amide bonds. The molecule has 4 rings (SSSR count). The van der Waals surface area contributed by atoms with Crippen LogP contribution in [0.3, 0.4) is 0 Å². The van der Waals surface area contributed by atoms with Gasteiger partial charge in [-0.15, -0.1) is 0 Å². The van der Waals surface area contributed by atoms with Crippen molar-refractivity contribution in [3.63, 3.8) is 0 Å². The van der Waals surface area contributed by atoms with Gasteiger partial charge in [-0.2, -0.15) is 4.98 Å². The van der Waals surface area contributed by atoms with E-state index >= 15 is 0 Å². The molecule has 1 aliphatic rings. The molecule has 5 heteroatoms. The molecular weight excluding hydrogens is 358 g/mol. The first-order valence-corrected chi connectivity index (χ1v) is 10.4. The predicted molar refractivity (Wildman–Crippen MR) is 121 cm³/mol. The van der Waals surface area contributed by atoms with Crippen LogP contribution >= 0.6 is 0 Å². The second-order valence-corrected chi connectivity index (χ2v) is 7.53. The fourth-order valence-electron chi connectivity index (χ4n) is 3.81. The fourth-order valence-corrected chi connectivity index (χ4v) is 3.81. The highest BCUT2D eigenvalue weighted by atomic mass is 15.3. The number of rotatable bonds is 6. The Morgan fingerprint density at radius 2 is 1.66 bits per heavy atom. The van der Waals surface area contributed by atoms with Crippen molar-refractivity contribution < 1.29 is 0 Å². The third-order valence-corrected chi connectivity index (χ3v) is 5.48. The van der Waals surface area contributed by atoms with Gasteiger partial charge in [0.05, 0.1) is 0 Å². The first kappa shape index (κ1) is 19.2. The van der Waals surface area contributed by atoms with Crippen LogP contribution in [0.1, 0.15) is 18.1 Å². The number of aryl methyl sites for hydroxylation is 1. The van der Waals surface area contributed by atoms with Gasteiger partial charge in [-0.1, -0.05) is 42.5 Å². The number of hydrogen-bond donors (Lipinski definition) is 0. The summed E-state index contributed by atoms with van der Waals surface area (Å²) in [6.07, 6.45) is 1.89. The van der Waals surface area contributed by atoms with Crippen LogP contribution in [0.5, 0.6) is 0 Å². The lowest BCUT2D eigenvalue weighted by molar-refractivity contribution is 0.645. The average molecular weight is 388 g/mol. The predicted octanol–water partition coefficient (Wildman–Crippen LogP) is 4.14. The summed E-state index contributed by atoms with van der Waals surface area (Å²) in [6.45, 7) is 9.94. The summed E-state index contributed by atoms with van der Waals surface area (Å²) in [5.74, 6) is 1.82. The molecule has 0 radical (unpaired) electrons. The fraction of sp³-hybridized carbons (Fsp3) is 0.333. The number of anilines is 3.